The van der Waals surface area contributed by atoms with E-state index in [0.717, 1.165) is 11.5 Å². The Morgan fingerprint density at radius 1 is 1.64 bits per heavy atom. The highest BCUT2D eigenvalue weighted by Crippen LogP contribution is 2.27. The van der Waals surface area contributed by atoms with Crippen molar-refractivity contribution in [2.24, 2.45) is 0 Å². The summed E-state index contributed by atoms with van der Waals surface area (Å²) in [7, 11) is 0. The second-order valence-corrected chi connectivity index (χ2v) is 3.19. The van der Waals surface area contributed by atoms with Gasteiger partial charge in [-0.1, -0.05) is 11.6 Å². The van der Waals surface area contributed by atoms with Crippen LogP contribution in [0.5, 0.6) is 0 Å². The number of hydrogen-bond donors (Lipinski definition) is 1. The van der Waals surface area contributed by atoms with Crippen molar-refractivity contribution in [1.82, 2.24) is 4.37 Å². The molecule has 1 heterocycles. The first-order valence-corrected chi connectivity index (χ1v) is 4.37. The van der Waals surface area contributed by atoms with E-state index in [2.05, 4.69) is 9.69 Å². The number of nitrogens with one attached hydrogen (secondary N) is 1. The van der Waals surface area contributed by atoms with Crippen LogP contribution in [-0.2, 0) is 0 Å². The van der Waals surface area contributed by atoms with Gasteiger partial charge in [0.25, 0.3) is 6.43 Å². The third kappa shape index (κ3) is 3.25. The van der Waals surface area contributed by atoms with Gasteiger partial charge in [0.1, 0.15) is 16.6 Å². The fourth-order valence-corrected chi connectivity index (χ4v) is 1.60. The molecule has 0 atom stereocenters. The van der Waals surface area contributed by atoms with Gasteiger partial charge in [0.15, 0.2) is 5.15 Å². The van der Waals surface area contributed by atoms with Crippen LogP contribution in [0.25, 0.3) is 0 Å². The van der Waals surface area contributed by atoms with Gasteiger partial charge in [0.2, 0.25) is 0 Å². The van der Waals surface area contributed by atoms with Gasteiger partial charge in [-0.3, -0.25) is 0 Å². The molecule has 8 heteroatoms. The minimum Gasteiger partial charge on any atom is -0.369 e. The maximum atomic E-state index is 11.8. The van der Waals surface area contributed by atoms with Crippen LogP contribution in [0.2, 0.25) is 5.15 Å². The summed E-state index contributed by atoms with van der Waals surface area (Å²) in [6.45, 7) is -0.507. The smallest absolute Gasteiger partial charge is 0.255 e. The molecule has 0 aromatic carbocycles. The number of alkyl halides is 2. The Morgan fingerprint density at radius 2 is 2.29 bits per heavy atom. The Bertz CT molecular complexity index is 336. The number of aromatic nitrogens is 1. The van der Waals surface area contributed by atoms with Gasteiger partial charge in [0, 0.05) is 0 Å². The fraction of sp³-hybridized carbons (Fsp3) is 0.333. The molecule has 0 aliphatic carbocycles. The molecule has 0 bridgehead atoms. The third-order valence-electron chi connectivity index (χ3n) is 1.18. The summed E-state index contributed by atoms with van der Waals surface area (Å²) >= 11 is 6.40. The van der Waals surface area contributed by atoms with Crippen LogP contribution in [0.15, 0.2) is 0 Å². The molecule has 14 heavy (non-hydrogen) atoms. The number of hydrogen-bond acceptors (Lipinski definition) is 4. The van der Waals surface area contributed by atoms with E-state index >= 15 is 0 Å². The van der Waals surface area contributed by atoms with E-state index in [4.69, 9.17) is 16.9 Å². The molecule has 1 aromatic heterocycles. The highest BCUT2D eigenvalue weighted by Gasteiger charge is 2.12. The van der Waals surface area contributed by atoms with E-state index in [1.54, 1.807) is 6.07 Å². The van der Waals surface area contributed by atoms with Crippen molar-refractivity contribution in [3.8, 4) is 6.07 Å². The van der Waals surface area contributed by atoms with Crippen molar-refractivity contribution >= 4 is 40.5 Å². The van der Waals surface area contributed by atoms with Crippen molar-refractivity contribution < 1.29 is 8.78 Å². The van der Waals surface area contributed by atoms with E-state index in [1.807, 2.05) is 0 Å². The molecule has 1 aromatic rings. The van der Waals surface area contributed by atoms with Crippen molar-refractivity contribution in [3.05, 3.63) is 10.7 Å². The average molecular weight is 260 g/mol. The van der Waals surface area contributed by atoms with E-state index in [-0.39, 0.29) is 28.1 Å². The maximum absolute atomic E-state index is 11.8. The summed E-state index contributed by atoms with van der Waals surface area (Å²) in [5, 5.41) is 11.3. The topological polar surface area (TPSA) is 48.7 Å². The quantitative estimate of drug-likeness (QED) is 0.908. The number of anilines is 1. The molecule has 0 saturated heterocycles. The van der Waals surface area contributed by atoms with Crippen LogP contribution in [0, 0.1) is 11.3 Å². The highest BCUT2D eigenvalue weighted by atomic mass is 35.5. The van der Waals surface area contributed by atoms with Gasteiger partial charge in [-0.15, -0.1) is 12.4 Å². The molecule has 78 valence electrons. The van der Waals surface area contributed by atoms with E-state index < -0.39 is 13.0 Å². The van der Waals surface area contributed by atoms with Gasteiger partial charge in [0.05, 0.1) is 6.54 Å². The Balaban J connectivity index is 0.00000169. The lowest BCUT2D eigenvalue weighted by molar-refractivity contribution is 0.163. The first kappa shape index (κ1) is 13.4. The van der Waals surface area contributed by atoms with Crippen LogP contribution in [0.3, 0.4) is 0 Å². The molecule has 3 nitrogen and oxygen atoms in total. The molecule has 0 unspecified atom stereocenters. The zero-order valence-corrected chi connectivity index (χ0v) is 9.02. The van der Waals surface area contributed by atoms with Crippen molar-refractivity contribution in [2.75, 3.05) is 11.9 Å². The Kier molecular flexibility index (Phi) is 5.69. The molecule has 1 rings (SSSR count). The molecule has 1 N–H and O–H groups in total. The fourth-order valence-electron chi connectivity index (χ4n) is 0.658. The summed E-state index contributed by atoms with van der Waals surface area (Å²) < 4.78 is 27.2. The first-order valence-electron chi connectivity index (χ1n) is 3.22. The van der Waals surface area contributed by atoms with Gasteiger partial charge in [-0.2, -0.15) is 9.64 Å². The third-order valence-corrected chi connectivity index (χ3v) is 2.36. The largest absolute Gasteiger partial charge is 0.369 e. The number of halogens is 4. The second kappa shape index (κ2) is 5.96. The minimum absolute atomic E-state index is 0. The predicted octanol–water partition coefficient (Wildman–Crippen LogP) is 2.77. The van der Waals surface area contributed by atoms with Gasteiger partial charge in [-0.25, -0.2) is 8.78 Å². The minimum atomic E-state index is -2.47. The average Bonchev–Trinajstić information content (AvgIpc) is 2.42. The van der Waals surface area contributed by atoms with Gasteiger partial charge < -0.3 is 5.32 Å². The molecule has 0 amide bonds. The normalized spacial score (nSPS) is 9.36. The zero-order chi connectivity index (χ0) is 9.84. The number of nitrogens with zero attached hydrogens (tertiary/aromatic N) is 2. The summed E-state index contributed by atoms with van der Waals surface area (Å²) in [5.74, 6) is 0. The maximum Gasteiger partial charge on any atom is 0.255 e. The lowest BCUT2D eigenvalue weighted by Crippen LogP contribution is -2.09. The highest BCUT2D eigenvalue weighted by molar-refractivity contribution is 7.10. The number of rotatable bonds is 3. The summed E-state index contributed by atoms with van der Waals surface area (Å²) in [6, 6.07) is 1.78. The SMILES string of the molecule is Cl.N#Cc1c(Cl)nsc1NCC(F)F. The van der Waals surface area contributed by atoms with Crippen LogP contribution in [0.4, 0.5) is 13.8 Å². The molecular weight excluding hydrogens is 255 g/mol. The Labute approximate surface area is 94.3 Å². The number of nitriles is 1. The lowest BCUT2D eigenvalue weighted by Gasteiger charge is -2.00. The summed E-state index contributed by atoms with van der Waals surface area (Å²) in [5.41, 5.74) is 0.118. The lowest BCUT2D eigenvalue weighted by atomic mass is 10.4. The summed E-state index contributed by atoms with van der Waals surface area (Å²) in [6.07, 6.45) is -2.47. The molecule has 0 aliphatic rings. The Morgan fingerprint density at radius 3 is 2.79 bits per heavy atom. The van der Waals surface area contributed by atoms with Crippen LogP contribution in [-0.4, -0.2) is 17.3 Å². The second-order valence-electron chi connectivity index (χ2n) is 2.06. The monoisotopic (exact) mass is 259 g/mol. The molecule has 0 radical (unpaired) electrons. The van der Waals surface area contributed by atoms with Crippen LogP contribution >= 0.6 is 35.5 Å². The van der Waals surface area contributed by atoms with Crippen molar-refractivity contribution in [2.45, 2.75) is 6.43 Å². The Hall–Kier alpha value is -0.640. The van der Waals surface area contributed by atoms with E-state index in [9.17, 15) is 8.78 Å². The molecule has 0 spiro atoms. The predicted molar refractivity (Wildman–Crippen MR) is 53.6 cm³/mol. The zero-order valence-electron chi connectivity index (χ0n) is 6.63. The van der Waals surface area contributed by atoms with Crippen LogP contribution < -0.4 is 5.32 Å². The van der Waals surface area contributed by atoms with E-state index in [1.165, 1.54) is 0 Å². The molecular formula is C6H5Cl2F2N3S. The van der Waals surface area contributed by atoms with E-state index in [0.29, 0.717) is 0 Å². The van der Waals surface area contributed by atoms with Crippen LogP contribution in [0.1, 0.15) is 5.56 Å². The molecule has 0 saturated carbocycles. The summed E-state index contributed by atoms with van der Waals surface area (Å²) in [4.78, 5) is 0. The van der Waals surface area contributed by atoms with Gasteiger partial charge >= 0.3 is 0 Å². The van der Waals surface area contributed by atoms with Gasteiger partial charge in [-0.05, 0) is 11.5 Å². The molecule has 0 aliphatic heterocycles. The van der Waals surface area contributed by atoms with Crippen molar-refractivity contribution in [1.29, 1.82) is 5.26 Å². The standard InChI is InChI=1S/C6H4ClF2N3S.ClH/c7-5-3(1-10)6(13-12-5)11-2-4(8)9;/h4,11H,2H2;1H. The first-order chi connectivity index (χ1) is 6.15. The van der Waals surface area contributed by atoms with Crippen molar-refractivity contribution in [3.63, 3.8) is 0 Å². The molecule has 0 fully saturated rings.